The Kier molecular flexibility index (Phi) is 7.85. The molecule has 2 aromatic carbocycles. The Bertz CT molecular complexity index is 1130. The van der Waals surface area contributed by atoms with Crippen molar-refractivity contribution in [3.05, 3.63) is 87.1 Å². The first-order chi connectivity index (χ1) is 14.8. The second-order valence-corrected chi connectivity index (χ2v) is 9.65. The van der Waals surface area contributed by atoms with Gasteiger partial charge in [0.2, 0.25) is 0 Å². The maximum absolute atomic E-state index is 12.3. The first-order valence-electron chi connectivity index (χ1n) is 9.45. The molecule has 0 bridgehead atoms. The normalized spacial score (nSPS) is 14.7. The second kappa shape index (κ2) is 10.4. The third kappa shape index (κ3) is 5.93. The van der Waals surface area contributed by atoms with Gasteiger partial charge in [-0.15, -0.1) is 11.3 Å². The molecule has 0 radical (unpaired) electrons. The Morgan fingerprint density at radius 3 is 2.42 bits per heavy atom. The molecule has 0 aliphatic carbocycles. The third-order valence-electron chi connectivity index (χ3n) is 4.87. The highest BCUT2D eigenvalue weighted by molar-refractivity contribution is 7.85. The van der Waals surface area contributed by atoms with E-state index in [0.717, 1.165) is 25.1 Å². The summed E-state index contributed by atoms with van der Waals surface area (Å²) in [7, 11) is -2.58. The van der Waals surface area contributed by atoms with Crippen molar-refractivity contribution in [3.8, 4) is 0 Å². The summed E-state index contributed by atoms with van der Waals surface area (Å²) in [6.45, 7) is 1.59. The molecule has 1 aliphatic heterocycles. The lowest BCUT2D eigenvalue weighted by atomic mass is 10.0. The lowest BCUT2D eigenvalue weighted by Gasteiger charge is -2.33. The molecule has 0 fully saturated rings. The molecule has 3 aromatic rings. The van der Waals surface area contributed by atoms with Gasteiger partial charge in [0.1, 0.15) is 6.04 Å². The lowest BCUT2D eigenvalue weighted by molar-refractivity contribution is -0.147. The standard InChI is InChI=1S/C16H16ClNO2S.C6H6O3S/c1-20-16(19)15(12-4-2-3-5-13(12)17)18-8-6-14-11(10-18)7-9-21-14;7-10(8,9)6-4-2-1-3-5-6/h2-5,7,9,15H,6,8,10H2,1H3;1-5H,(H,7,8,9). The minimum atomic E-state index is -4.00. The Balaban J connectivity index is 0.000000229. The van der Waals surface area contributed by atoms with Gasteiger partial charge >= 0.3 is 5.97 Å². The predicted molar refractivity (Wildman–Crippen MR) is 121 cm³/mol. The van der Waals surface area contributed by atoms with E-state index >= 15 is 0 Å². The van der Waals surface area contributed by atoms with E-state index in [4.69, 9.17) is 20.9 Å². The minimum Gasteiger partial charge on any atom is -0.468 e. The first-order valence-corrected chi connectivity index (χ1v) is 12.1. The summed E-state index contributed by atoms with van der Waals surface area (Å²) in [4.78, 5) is 15.8. The number of ether oxygens (including phenoxy) is 1. The van der Waals surface area contributed by atoms with Crippen LogP contribution >= 0.6 is 22.9 Å². The van der Waals surface area contributed by atoms with Crippen molar-refractivity contribution in [2.75, 3.05) is 13.7 Å². The Morgan fingerprint density at radius 2 is 1.81 bits per heavy atom. The minimum absolute atomic E-state index is 0.0741. The molecular weight excluding hydrogens is 458 g/mol. The number of methoxy groups -OCH3 is 1. The van der Waals surface area contributed by atoms with Gasteiger partial charge in [0, 0.05) is 23.0 Å². The van der Waals surface area contributed by atoms with Crippen LogP contribution in [0.1, 0.15) is 22.0 Å². The zero-order valence-electron chi connectivity index (χ0n) is 16.8. The number of carbonyl (C=O) groups is 1. The Labute approximate surface area is 190 Å². The monoisotopic (exact) mass is 479 g/mol. The largest absolute Gasteiger partial charge is 0.468 e. The van der Waals surface area contributed by atoms with E-state index < -0.39 is 16.2 Å². The number of rotatable bonds is 4. The van der Waals surface area contributed by atoms with Crippen LogP contribution in [0.3, 0.4) is 0 Å². The molecular formula is C22H22ClNO5S2. The molecule has 164 valence electrons. The van der Waals surface area contributed by atoms with Gasteiger partial charge in [0.05, 0.1) is 12.0 Å². The maximum atomic E-state index is 12.3. The van der Waals surface area contributed by atoms with Gasteiger partial charge in [-0.1, -0.05) is 48.0 Å². The lowest BCUT2D eigenvalue weighted by Crippen LogP contribution is -2.38. The smallest absolute Gasteiger partial charge is 0.327 e. The van der Waals surface area contributed by atoms with Crippen molar-refractivity contribution in [2.24, 2.45) is 0 Å². The van der Waals surface area contributed by atoms with E-state index in [2.05, 4.69) is 16.3 Å². The molecule has 1 atom stereocenters. The summed E-state index contributed by atoms with van der Waals surface area (Å²) in [6, 6.07) is 16.6. The van der Waals surface area contributed by atoms with Crippen molar-refractivity contribution in [2.45, 2.75) is 23.9 Å². The van der Waals surface area contributed by atoms with Crippen LogP contribution in [0.2, 0.25) is 5.02 Å². The summed E-state index contributed by atoms with van der Waals surface area (Å²) < 4.78 is 34.2. The molecule has 9 heteroatoms. The second-order valence-electron chi connectivity index (χ2n) is 6.82. The van der Waals surface area contributed by atoms with Gasteiger partial charge in [-0.05, 0) is 47.2 Å². The van der Waals surface area contributed by atoms with Crippen molar-refractivity contribution >= 4 is 39.0 Å². The quantitative estimate of drug-likeness (QED) is 0.434. The van der Waals surface area contributed by atoms with E-state index in [-0.39, 0.29) is 10.9 Å². The number of nitrogens with zero attached hydrogens (tertiary/aromatic N) is 1. The number of fused-ring (bicyclic) bond motifs is 1. The number of thiophene rings is 1. The number of hydrogen-bond donors (Lipinski definition) is 1. The van der Waals surface area contributed by atoms with Crippen LogP contribution in [0.25, 0.3) is 0 Å². The molecule has 31 heavy (non-hydrogen) atoms. The summed E-state index contributed by atoms with van der Waals surface area (Å²) in [5.41, 5.74) is 2.11. The van der Waals surface area contributed by atoms with Gasteiger partial charge in [0.15, 0.2) is 0 Å². The Hall–Kier alpha value is -2.23. The summed E-state index contributed by atoms with van der Waals surface area (Å²) in [5.74, 6) is -0.262. The van der Waals surface area contributed by atoms with Crippen LogP contribution in [0.15, 0.2) is 70.9 Å². The molecule has 4 rings (SSSR count). The SMILES string of the molecule is COC(=O)C(c1ccccc1Cl)N1CCc2sccc2C1.O=S(=O)(O)c1ccccc1. The number of benzene rings is 2. The number of esters is 1. The highest BCUT2D eigenvalue weighted by Gasteiger charge is 2.32. The van der Waals surface area contributed by atoms with Crippen LogP contribution < -0.4 is 0 Å². The van der Waals surface area contributed by atoms with E-state index in [1.54, 1.807) is 29.5 Å². The number of carbonyl (C=O) groups excluding carboxylic acids is 1. The fourth-order valence-electron chi connectivity index (χ4n) is 3.36. The van der Waals surface area contributed by atoms with Gasteiger partial charge in [0.25, 0.3) is 10.1 Å². The average Bonchev–Trinajstić information content (AvgIpc) is 3.24. The molecule has 1 aromatic heterocycles. The van der Waals surface area contributed by atoms with Gasteiger partial charge in [-0.2, -0.15) is 8.42 Å². The summed E-state index contributed by atoms with van der Waals surface area (Å²) in [6.07, 6.45) is 0.963. The molecule has 2 heterocycles. The topological polar surface area (TPSA) is 83.9 Å². The van der Waals surface area contributed by atoms with Crippen molar-refractivity contribution in [3.63, 3.8) is 0 Å². The van der Waals surface area contributed by atoms with E-state index in [1.807, 2.05) is 24.3 Å². The maximum Gasteiger partial charge on any atom is 0.327 e. The first kappa shape index (κ1) is 23.4. The summed E-state index contributed by atoms with van der Waals surface area (Å²) >= 11 is 8.07. The zero-order valence-corrected chi connectivity index (χ0v) is 19.2. The van der Waals surface area contributed by atoms with E-state index in [9.17, 15) is 13.2 Å². The fraction of sp³-hybridized carbons (Fsp3) is 0.227. The van der Waals surface area contributed by atoms with E-state index in [0.29, 0.717) is 5.02 Å². The molecule has 6 nitrogen and oxygen atoms in total. The summed E-state index contributed by atoms with van der Waals surface area (Å²) in [5, 5.41) is 2.71. The van der Waals surface area contributed by atoms with Crippen molar-refractivity contribution in [1.29, 1.82) is 0 Å². The molecule has 0 spiro atoms. The number of hydrogen-bond acceptors (Lipinski definition) is 6. The Morgan fingerprint density at radius 1 is 1.13 bits per heavy atom. The molecule has 1 N–H and O–H groups in total. The highest BCUT2D eigenvalue weighted by atomic mass is 35.5. The highest BCUT2D eigenvalue weighted by Crippen LogP contribution is 2.33. The molecule has 0 amide bonds. The van der Waals surface area contributed by atoms with Crippen molar-refractivity contribution in [1.82, 2.24) is 4.90 Å². The number of halogens is 1. The van der Waals surface area contributed by atoms with Gasteiger partial charge in [-0.3, -0.25) is 9.45 Å². The molecule has 1 aliphatic rings. The van der Waals surface area contributed by atoms with Crippen LogP contribution in [0.4, 0.5) is 0 Å². The van der Waals surface area contributed by atoms with Crippen LogP contribution in [0, 0.1) is 0 Å². The van der Waals surface area contributed by atoms with Crippen molar-refractivity contribution < 1.29 is 22.5 Å². The molecule has 0 saturated heterocycles. The average molecular weight is 480 g/mol. The van der Waals surface area contributed by atoms with E-state index in [1.165, 1.54) is 29.7 Å². The fourth-order valence-corrected chi connectivity index (χ4v) is 4.99. The van der Waals surface area contributed by atoms with Crippen LogP contribution in [0.5, 0.6) is 0 Å². The predicted octanol–water partition coefficient (Wildman–Crippen LogP) is 4.61. The van der Waals surface area contributed by atoms with Crippen LogP contribution in [-0.2, 0) is 32.6 Å². The molecule has 1 unspecified atom stereocenters. The molecule has 0 saturated carbocycles. The van der Waals surface area contributed by atoms with Gasteiger partial charge < -0.3 is 4.74 Å². The van der Waals surface area contributed by atoms with Gasteiger partial charge in [-0.25, -0.2) is 4.79 Å². The van der Waals surface area contributed by atoms with Crippen LogP contribution in [-0.4, -0.2) is 37.5 Å². The third-order valence-corrected chi connectivity index (χ3v) is 7.10. The zero-order chi connectivity index (χ0) is 22.4.